The number of ether oxygens (including phenoxy) is 1. The molecule has 0 saturated heterocycles. The van der Waals surface area contributed by atoms with Gasteiger partial charge in [-0.1, -0.05) is 81.4 Å². The molecule has 0 fully saturated rings. The Balaban J connectivity index is 2.23. The van der Waals surface area contributed by atoms with Crippen LogP contribution in [0.3, 0.4) is 0 Å². The van der Waals surface area contributed by atoms with Crippen LogP contribution in [0.4, 0.5) is 8.78 Å². The van der Waals surface area contributed by atoms with E-state index in [4.69, 9.17) is 4.74 Å². The minimum absolute atomic E-state index is 0.0696. The van der Waals surface area contributed by atoms with Crippen molar-refractivity contribution in [2.45, 2.75) is 39.2 Å². The lowest BCUT2D eigenvalue weighted by atomic mass is 9.85. The van der Waals surface area contributed by atoms with E-state index in [9.17, 15) is 4.79 Å². The highest BCUT2D eigenvalue weighted by atomic mass is 19.1. The van der Waals surface area contributed by atoms with E-state index in [1.807, 2.05) is 81.4 Å². The molecule has 0 aliphatic heterocycles. The van der Waals surface area contributed by atoms with Gasteiger partial charge in [-0.15, -0.1) is 0 Å². The van der Waals surface area contributed by atoms with Gasteiger partial charge in [-0.25, -0.2) is 13.6 Å². The first kappa shape index (κ1) is 23.3. The van der Waals surface area contributed by atoms with Gasteiger partial charge in [0.1, 0.15) is 11.6 Å². The summed E-state index contributed by atoms with van der Waals surface area (Å²) in [7, 11) is 0. The standard InChI is InChI=1S/C27H27F2NO2/c1-5-32-26(31)25(23-21(28)16-20(17-22(23)29)27(2,3)4)30-24(18-12-8-6-9-13-18)19-14-10-7-11-15-19/h6-17,25H,5H2,1-4H3. The van der Waals surface area contributed by atoms with Gasteiger partial charge in [0.15, 0.2) is 6.04 Å². The third-order valence-corrected chi connectivity index (χ3v) is 5.08. The van der Waals surface area contributed by atoms with E-state index in [0.29, 0.717) is 11.3 Å². The molecule has 0 saturated carbocycles. The van der Waals surface area contributed by atoms with Crippen LogP contribution in [0, 0.1) is 11.6 Å². The average molecular weight is 436 g/mol. The Morgan fingerprint density at radius 2 is 1.38 bits per heavy atom. The van der Waals surface area contributed by atoms with Gasteiger partial charge in [-0.05, 0) is 30.0 Å². The van der Waals surface area contributed by atoms with Crippen LogP contribution < -0.4 is 0 Å². The molecule has 0 radical (unpaired) electrons. The molecule has 1 unspecified atom stereocenters. The summed E-state index contributed by atoms with van der Waals surface area (Å²) >= 11 is 0. The van der Waals surface area contributed by atoms with Crippen molar-refractivity contribution in [3.8, 4) is 0 Å². The van der Waals surface area contributed by atoms with Gasteiger partial charge < -0.3 is 4.74 Å². The molecule has 32 heavy (non-hydrogen) atoms. The highest BCUT2D eigenvalue weighted by Gasteiger charge is 2.31. The molecule has 3 rings (SSSR count). The molecule has 0 spiro atoms. The smallest absolute Gasteiger partial charge is 0.335 e. The maximum Gasteiger partial charge on any atom is 0.335 e. The van der Waals surface area contributed by atoms with Crippen LogP contribution in [0.25, 0.3) is 0 Å². The number of aliphatic imine (C=N–C) groups is 1. The Morgan fingerprint density at radius 3 is 1.78 bits per heavy atom. The second-order valence-electron chi connectivity index (χ2n) is 8.47. The first-order valence-electron chi connectivity index (χ1n) is 10.6. The summed E-state index contributed by atoms with van der Waals surface area (Å²) in [5.41, 5.74) is 1.51. The molecular weight excluding hydrogens is 408 g/mol. The summed E-state index contributed by atoms with van der Waals surface area (Å²) in [6.45, 7) is 7.31. The molecule has 0 aliphatic carbocycles. The van der Waals surface area contributed by atoms with Crippen molar-refractivity contribution in [1.82, 2.24) is 0 Å². The van der Waals surface area contributed by atoms with Crippen molar-refractivity contribution in [2.75, 3.05) is 6.61 Å². The lowest BCUT2D eigenvalue weighted by Gasteiger charge is -2.22. The summed E-state index contributed by atoms with van der Waals surface area (Å²) in [6, 6.07) is 19.5. The fourth-order valence-corrected chi connectivity index (χ4v) is 3.37. The van der Waals surface area contributed by atoms with E-state index in [2.05, 4.69) is 4.99 Å². The number of benzene rings is 3. The van der Waals surface area contributed by atoms with E-state index < -0.39 is 34.6 Å². The van der Waals surface area contributed by atoms with Crippen LogP contribution in [0.2, 0.25) is 0 Å². The summed E-state index contributed by atoms with van der Waals surface area (Å²) in [6.07, 6.45) is 0. The van der Waals surface area contributed by atoms with E-state index in [1.54, 1.807) is 6.92 Å². The quantitative estimate of drug-likeness (QED) is 0.332. The van der Waals surface area contributed by atoms with Gasteiger partial charge in [0.05, 0.1) is 17.9 Å². The zero-order valence-electron chi connectivity index (χ0n) is 18.7. The highest BCUT2D eigenvalue weighted by Crippen LogP contribution is 2.32. The Kier molecular flexibility index (Phi) is 7.18. The molecule has 0 aromatic heterocycles. The molecule has 3 aromatic carbocycles. The lowest BCUT2D eigenvalue weighted by Crippen LogP contribution is -2.21. The summed E-state index contributed by atoms with van der Waals surface area (Å²) in [5, 5.41) is 0. The second kappa shape index (κ2) is 9.86. The zero-order valence-corrected chi connectivity index (χ0v) is 18.7. The first-order chi connectivity index (χ1) is 15.2. The number of hydrogen-bond acceptors (Lipinski definition) is 3. The van der Waals surface area contributed by atoms with Gasteiger partial charge in [0, 0.05) is 11.1 Å². The maximum atomic E-state index is 15.2. The molecule has 0 amide bonds. The van der Waals surface area contributed by atoms with E-state index in [0.717, 1.165) is 11.1 Å². The number of hydrogen-bond donors (Lipinski definition) is 0. The number of halogens is 2. The van der Waals surface area contributed by atoms with Gasteiger partial charge in [-0.3, -0.25) is 4.99 Å². The van der Waals surface area contributed by atoms with Crippen LogP contribution in [0.1, 0.15) is 56.0 Å². The van der Waals surface area contributed by atoms with Gasteiger partial charge in [0.25, 0.3) is 0 Å². The number of carbonyl (C=O) groups is 1. The Labute approximate surface area is 187 Å². The molecule has 0 aliphatic rings. The van der Waals surface area contributed by atoms with E-state index in [-0.39, 0.29) is 6.61 Å². The van der Waals surface area contributed by atoms with Crippen LogP contribution in [0.15, 0.2) is 77.8 Å². The SMILES string of the molecule is CCOC(=O)C(N=C(c1ccccc1)c1ccccc1)c1c(F)cc(C(C)(C)C)cc1F. The number of nitrogens with zero attached hydrogens (tertiary/aromatic N) is 1. The Hall–Kier alpha value is -3.34. The van der Waals surface area contributed by atoms with E-state index >= 15 is 8.78 Å². The van der Waals surface area contributed by atoms with Crippen molar-refractivity contribution in [3.05, 3.63) is 107 Å². The molecule has 3 nitrogen and oxygen atoms in total. The number of esters is 1. The highest BCUT2D eigenvalue weighted by molar-refractivity contribution is 6.13. The number of carbonyl (C=O) groups excluding carboxylic acids is 1. The molecule has 0 N–H and O–H groups in total. The molecule has 0 heterocycles. The summed E-state index contributed by atoms with van der Waals surface area (Å²) < 4.78 is 35.6. The van der Waals surface area contributed by atoms with Crippen LogP contribution in [0.5, 0.6) is 0 Å². The molecule has 0 bridgehead atoms. The first-order valence-corrected chi connectivity index (χ1v) is 10.6. The largest absolute Gasteiger partial charge is 0.464 e. The molecule has 5 heteroatoms. The topological polar surface area (TPSA) is 38.7 Å². The predicted molar refractivity (Wildman–Crippen MR) is 123 cm³/mol. The average Bonchev–Trinajstić information content (AvgIpc) is 2.76. The van der Waals surface area contributed by atoms with Crippen LogP contribution in [-0.2, 0) is 14.9 Å². The Morgan fingerprint density at radius 1 is 0.906 bits per heavy atom. The molecular formula is C27H27F2NO2. The zero-order chi connectivity index (χ0) is 23.3. The molecule has 3 aromatic rings. The van der Waals surface area contributed by atoms with Gasteiger partial charge >= 0.3 is 5.97 Å². The van der Waals surface area contributed by atoms with Gasteiger partial charge in [-0.2, -0.15) is 0 Å². The van der Waals surface area contributed by atoms with Crippen molar-refractivity contribution in [3.63, 3.8) is 0 Å². The lowest BCUT2D eigenvalue weighted by molar-refractivity contribution is -0.144. The third kappa shape index (κ3) is 5.28. The van der Waals surface area contributed by atoms with Crippen molar-refractivity contribution >= 4 is 11.7 Å². The normalized spacial score (nSPS) is 12.2. The van der Waals surface area contributed by atoms with Crippen LogP contribution >= 0.6 is 0 Å². The predicted octanol–water partition coefficient (Wildman–Crippen LogP) is 6.40. The summed E-state index contributed by atoms with van der Waals surface area (Å²) in [5.74, 6) is -2.45. The second-order valence-corrected chi connectivity index (χ2v) is 8.47. The Bertz CT molecular complexity index is 1040. The minimum atomic E-state index is -1.49. The van der Waals surface area contributed by atoms with Crippen molar-refractivity contribution in [2.24, 2.45) is 4.99 Å². The fourth-order valence-electron chi connectivity index (χ4n) is 3.37. The van der Waals surface area contributed by atoms with Crippen LogP contribution in [-0.4, -0.2) is 18.3 Å². The summed E-state index contributed by atoms with van der Waals surface area (Å²) in [4.78, 5) is 17.4. The number of rotatable bonds is 6. The maximum absolute atomic E-state index is 15.2. The van der Waals surface area contributed by atoms with E-state index in [1.165, 1.54) is 12.1 Å². The minimum Gasteiger partial charge on any atom is -0.464 e. The third-order valence-electron chi connectivity index (χ3n) is 5.08. The monoisotopic (exact) mass is 435 g/mol. The van der Waals surface area contributed by atoms with Crippen molar-refractivity contribution in [1.29, 1.82) is 0 Å². The van der Waals surface area contributed by atoms with Crippen molar-refractivity contribution < 1.29 is 18.3 Å². The fraction of sp³-hybridized carbons (Fsp3) is 0.259. The molecule has 1 atom stereocenters. The molecule has 166 valence electrons. The van der Waals surface area contributed by atoms with Gasteiger partial charge in [0.2, 0.25) is 0 Å².